The molecule has 1 unspecified atom stereocenters. The Labute approximate surface area is 131 Å². The van der Waals surface area contributed by atoms with E-state index in [-0.39, 0.29) is 17.8 Å². The van der Waals surface area contributed by atoms with Crippen molar-refractivity contribution < 1.29 is 9.59 Å². The normalized spacial score (nSPS) is 40.7. The van der Waals surface area contributed by atoms with E-state index in [4.69, 9.17) is 0 Å². The minimum atomic E-state index is -0.429. The highest BCUT2D eigenvalue weighted by Crippen LogP contribution is 2.59. The van der Waals surface area contributed by atoms with Gasteiger partial charge in [0.15, 0.2) is 0 Å². The third-order valence-electron chi connectivity index (χ3n) is 6.48. The Kier molecular flexibility index (Phi) is 3.23. The average molecular weight is 297 g/mol. The van der Waals surface area contributed by atoms with Crippen LogP contribution in [0.15, 0.2) is 30.3 Å². The van der Waals surface area contributed by atoms with E-state index in [2.05, 4.69) is 29.2 Å². The Morgan fingerprint density at radius 2 is 2.05 bits per heavy atom. The first-order valence-electron chi connectivity index (χ1n) is 8.45. The minimum absolute atomic E-state index is 0.110. The van der Waals surface area contributed by atoms with E-state index in [9.17, 15) is 9.59 Å². The molecule has 2 saturated carbocycles. The van der Waals surface area contributed by atoms with Crippen LogP contribution in [0.5, 0.6) is 0 Å². The molecule has 116 valence electrons. The number of carbonyl (C=O) groups is 2. The number of carbonyl (C=O) groups excluding carboxylic acids is 2. The maximum atomic E-state index is 12.6. The minimum Gasteiger partial charge on any atom is -0.303 e. The molecule has 0 amide bonds. The zero-order valence-corrected chi connectivity index (χ0v) is 13.1. The van der Waals surface area contributed by atoms with Crippen LogP contribution in [0.25, 0.3) is 0 Å². The highest BCUT2D eigenvalue weighted by atomic mass is 16.1. The van der Waals surface area contributed by atoms with E-state index in [1.54, 1.807) is 0 Å². The smallest absolute Gasteiger partial charge is 0.140 e. The van der Waals surface area contributed by atoms with Crippen LogP contribution in [0.1, 0.15) is 31.7 Å². The lowest BCUT2D eigenvalue weighted by Crippen LogP contribution is -2.39. The summed E-state index contributed by atoms with van der Waals surface area (Å²) in [6.07, 6.45) is 4.36. The zero-order valence-electron chi connectivity index (χ0n) is 13.1. The standard InChI is InChI=1S/C19H23NO2/c1-13-18(22)15-8-5-9-16-17(15)19(13,12-21)11-20(16)10-14-6-3-2-4-7-14/h2-4,6-7,12-13,15-17H,5,8-11H2,1H3/t13?,15-,16+,17-,19+/m0/s1. The number of nitrogens with zero attached hydrogens (tertiary/aromatic N) is 1. The lowest BCUT2D eigenvalue weighted by Gasteiger charge is -2.35. The monoisotopic (exact) mass is 297 g/mol. The number of hydrogen-bond acceptors (Lipinski definition) is 3. The van der Waals surface area contributed by atoms with Crippen molar-refractivity contribution in [2.75, 3.05) is 6.54 Å². The first kappa shape index (κ1) is 14.1. The van der Waals surface area contributed by atoms with Crippen LogP contribution in [0.3, 0.4) is 0 Å². The van der Waals surface area contributed by atoms with Gasteiger partial charge in [-0.15, -0.1) is 0 Å². The fraction of sp³-hybridized carbons (Fsp3) is 0.579. The van der Waals surface area contributed by atoms with Gasteiger partial charge in [0.2, 0.25) is 0 Å². The van der Waals surface area contributed by atoms with Crippen molar-refractivity contribution in [3.63, 3.8) is 0 Å². The van der Waals surface area contributed by atoms with Crippen LogP contribution in [-0.2, 0) is 16.1 Å². The van der Waals surface area contributed by atoms with Crippen LogP contribution < -0.4 is 0 Å². The molecule has 0 aromatic heterocycles. The molecular formula is C19H23NO2. The summed E-state index contributed by atoms with van der Waals surface area (Å²) in [6, 6.07) is 10.9. The molecule has 1 aromatic rings. The number of ketones is 1. The predicted octanol–water partition coefficient (Wildman–Crippen LogP) is 2.69. The van der Waals surface area contributed by atoms with Crippen molar-refractivity contribution in [2.24, 2.45) is 23.2 Å². The molecule has 1 heterocycles. The molecular weight excluding hydrogens is 274 g/mol. The third kappa shape index (κ3) is 1.78. The summed E-state index contributed by atoms with van der Waals surface area (Å²) >= 11 is 0. The van der Waals surface area contributed by atoms with Crippen molar-refractivity contribution in [3.8, 4) is 0 Å². The van der Waals surface area contributed by atoms with Crippen LogP contribution >= 0.6 is 0 Å². The van der Waals surface area contributed by atoms with Gasteiger partial charge in [-0.3, -0.25) is 9.69 Å². The largest absolute Gasteiger partial charge is 0.303 e. The highest BCUT2D eigenvalue weighted by molar-refractivity contribution is 5.92. The Morgan fingerprint density at radius 3 is 2.77 bits per heavy atom. The van der Waals surface area contributed by atoms with Gasteiger partial charge < -0.3 is 4.79 Å². The molecule has 4 rings (SSSR count). The molecule has 1 aliphatic heterocycles. The van der Waals surface area contributed by atoms with E-state index in [0.717, 1.165) is 38.6 Å². The summed E-state index contributed by atoms with van der Waals surface area (Å²) in [7, 11) is 0. The van der Waals surface area contributed by atoms with Gasteiger partial charge in [0.25, 0.3) is 0 Å². The van der Waals surface area contributed by atoms with E-state index in [1.807, 2.05) is 13.0 Å². The lowest BCUT2D eigenvalue weighted by atomic mass is 9.69. The zero-order chi connectivity index (χ0) is 15.3. The molecule has 0 radical (unpaired) electrons. The number of aldehydes is 1. The maximum Gasteiger partial charge on any atom is 0.140 e. The van der Waals surface area contributed by atoms with Crippen molar-refractivity contribution in [2.45, 2.75) is 38.8 Å². The summed E-state index contributed by atoms with van der Waals surface area (Å²) in [6.45, 7) is 3.63. The molecule has 1 aromatic carbocycles. The summed E-state index contributed by atoms with van der Waals surface area (Å²) in [5.74, 6) is 0.618. The molecule has 0 bridgehead atoms. The van der Waals surface area contributed by atoms with Gasteiger partial charge in [-0.05, 0) is 24.3 Å². The summed E-state index contributed by atoms with van der Waals surface area (Å²) in [5.41, 5.74) is 0.867. The van der Waals surface area contributed by atoms with Gasteiger partial charge in [-0.2, -0.15) is 0 Å². The van der Waals surface area contributed by atoms with Crippen LogP contribution in [0.4, 0.5) is 0 Å². The molecule has 3 heteroatoms. The first-order valence-corrected chi connectivity index (χ1v) is 8.45. The quantitative estimate of drug-likeness (QED) is 0.805. The van der Waals surface area contributed by atoms with E-state index in [0.29, 0.717) is 11.8 Å². The van der Waals surface area contributed by atoms with Crippen LogP contribution in [-0.4, -0.2) is 29.6 Å². The number of hydrogen-bond donors (Lipinski definition) is 0. The maximum absolute atomic E-state index is 12.6. The second-order valence-electron chi connectivity index (χ2n) is 7.38. The van der Waals surface area contributed by atoms with Gasteiger partial charge >= 0.3 is 0 Å². The van der Waals surface area contributed by atoms with Crippen LogP contribution in [0, 0.1) is 23.2 Å². The number of rotatable bonds is 3. The molecule has 3 fully saturated rings. The molecule has 0 spiro atoms. The fourth-order valence-electron chi connectivity index (χ4n) is 5.43. The second kappa shape index (κ2) is 5.02. The van der Waals surface area contributed by atoms with E-state index < -0.39 is 5.41 Å². The van der Waals surface area contributed by atoms with E-state index >= 15 is 0 Å². The topological polar surface area (TPSA) is 37.4 Å². The molecule has 22 heavy (non-hydrogen) atoms. The SMILES string of the molecule is CC1C(=O)[C@H]2CCC[C@@H]3[C@H]2[C@@]1(C=O)CN3Cc1ccccc1. The summed E-state index contributed by atoms with van der Waals surface area (Å²) in [5, 5.41) is 0. The highest BCUT2D eigenvalue weighted by Gasteiger charge is 2.66. The molecule has 3 aliphatic rings. The van der Waals surface area contributed by atoms with Gasteiger partial charge in [-0.1, -0.05) is 43.7 Å². The molecule has 2 aliphatic carbocycles. The molecule has 0 N–H and O–H groups in total. The fourth-order valence-corrected chi connectivity index (χ4v) is 5.43. The van der Waals surface area contributed by atoms with Crippen molar-refractivity contribution in [1.82, 2.24) is 4.90 Å². The third-order valence-corrected chi connectivity index (χ3v) is 6.48. The van der Waals surface area contributed by atoms with Crippen molar-refractivity contribution in [3.05, 3.63) is 35.9 Å². The van der Waals surface area contributed by atoms with Gasteiger partial charge in [0.1, 0.15) is 12.1 Å². The molecule has 1 saturated heterocycles. The number of likely N-dealkylation sites (tertiary alicyclic amines) is 1. The Hall–Kier alpha value is -1.48. The van der Waals surface area contributed by atoms with Crippen LogP contribution in [0.2, 0.25) is 0 Å². The number of benzene rings is 1. The molecule has 5 atom stereocenters. The predicted molar refractivity (Wildman–Crippen MR) is 84.1 cm³/mol. The average Bonchev–Trinajstić information content (AvgIpc) is 2.99. The van der Waals surface area contributed by atoms with Gasteiger partial charge in [0, 0.05) is 31.0 Å². The Balaban J connectivity index is 1.68. The first-order chi connectivity index (χ1) is 10.7. The lowest BCUT2D eigenvalue weighted by molar-refractivity contribution is -0.128. The van der Waals surface area contributed by atoms with Gasteiger partial charge in [0.05, 0.1) is 5.41 Å². The summed E-state index contributed by atoms with van der Waals surface area (Å²) < 4.78 is 0. The Bertz CT molecular complexity index is 599. The van der Waals surface area contributed by atoms with Crippen molar-refractivity contribution in [1.29, 1.82) is 0 Å². The summed E-state index contributed by atoms with van der Waals surface area (Å²) in [4.78, 5) is 27.1. The van der Waals surface area contributed by atoms with Crippen molar-refractivity contribution >= 4 is 12.1 Å². The Morgan fingerprint density at radius 1 is 1.27 bits per heavy atom. The molecule has 3 nitrogen and oxygen atoms in total. The second-order valence-corrected chi connectivity index (χ2v) is 7.38. The van der Waals surface area contributed by atoms with Gasteiger partial charge in [-0.25, -0.2) is 0 Å². The number of Topliss-reactive ketones (excluding diaryl/α,β-unsaturated/α-hetero) is 1. The van der Waals surface area contributed by atoms with E-state index in [1.165, 1.54) is 5.56 Å².